The lowest BCUT2D eigenvalue weighted by molar-refractivity contribution is -0.139. The van der Waals surface area contributed by atoms with E-state index in [1.165, 1.54) is 0 Å². The zero-order chi connectivity index (χ0) is 23.2. The first-order valence-electron chi connectivity index (χ1n) is 11.6. The monoisotopic (exact) mass is 442 g/mol. The Morgan fingerprint density at radius 2 is 1.73 bits per heavy atom. The molecule has 0 radical (unpaired) electrons. The van der Waals surface area contributed by atoms with Gasteiger partial charge in [0.25, 0.3) is 5.91 Å². The number of carbonyl (C=O) groups is 2. The number of hydrogen-bond acceptors (Lipinski definition) is 3. The molecule has 1 aliphatic heterocycles. The summed E-state index contributed by atoms with van der Waals surface area (Å²) >= 11 is 0. The van der Waals surface area contributed by atoms with Gasteiger partial charge in [0.2, 0.25) is 5.91 Å². The third kappa shape index (κ3) is 5.25. The zero-order valence-corrected chi connectivity index (χ0v) is 19.2. The van der Waals surface area contributed by atoms with Crippen molar-refractivity contribution in [2.75, 3.05) is 5.32 Å². The van der Waals surface area contributed by atoms with Gasteiger partial charge < -0.3 is 15.0 Å². The average molecular weight is 443 g/mol. The van der Waals surface area contributed by atoms with Crippen LogP contribution in [-0.4, -0.2) is 22.8 Å². The first-order valence-corrected chi connectivity index (χ1v) is 11.6. The third-order valence-electron chi connectivity index (χ3n) is 6.06. The van der Waals surface area contributed by atoms with Gasteiger partial charge in [0, 0.05) is 24.3 Å². The molecule has 0 saturated heterocycles. The van der Waals surface area contributed by atoms with Crippen LogP contribution in [-0.2, 0) is 22.7 Å². The Balaban J connectivity index is 1.57. The summed E-state index contributed by atoms with van der Waals surface area (Å²) in [4.78, 5) is 28.0. The van der Waals surface area contributed by atoms with E-state index in [4.69, 9.17) is 4.74 Å². The minimum absolute atomic E-state index is 0.0155. The van der Waals surface area contributed by atoms with E-state index in [-0.39, 0.29) is 17.7 Å². The zero-order valence-electron chi connectivity index (χ0n) is 19.2. The molecule has 0 aromatic heterocycles. The average Bonchev–Trinajstić information content (AvgIpc) is 2.97. The summed E-state index contributed by atoms with van der Waals surface area (Å²) in [6, 6.07) is 25.4. The Kier molecular flexibility index (Phi) is 7.08. The van der Waals surface area contributed by atoms with Gasteiger partial charge in [-0.3, -0.25) is 9.59 Å². The van der Waals surface area contributed by atoms with E-state index >= 15 is 0 Å². The van der Waals surface area contributed by atoms with Crippen LogP contribution in [0.4, 0.5) is 5.69 Å². The van der Waals surface area contributed by atoms with Crippen LogP contribution >= 0.6 is 0 Å². The molecule has 1 N–H and O–H groups in total. The fraction of sp³-hybridized carbons (Fsp3) is 0.286. The van der Waals surface area contributed by atoms with Gasteiger partial charge in [-0.1, -0.05) is 74.5 Å². The Morgan fingerprint density at radius 3 is 2.39 bits per heavy atom. The van der Waals surface area contributed by atoms with E-state index in [9.17, 15) is 9.59 Å². The molecule has 0 unspecified atom stereocenters. The van der Waals surface area contributed by atoms with Gasteiger partial charge in [-0.15, -0.1) is 0 Å². The highest BCUT2D eigenvalue weighted by molar-refractivity contribution is 5.96. The van der Waals surface area contributed by atoms with Crippen molar-refractivity contribution in [1.29, 1.82) is 0 Å². The summed E-state index contributed by atoms with van der Waals surface area (Å²) in [5, 5.41) is 3.06. The fourth-order valence-corrected chi connectivity index (χ4v) is 4.27. The van der Waals surface area contributed by atoms with E-state index in [2.05, 4.69) is 5.32 Å². The largest absolute Gasteiger partial charge is 0.480 e. The highest BCUT2D eigenvalue weighted by atomic mass is 16.5. The van der Waals surface area contributed by atoms with Gasteiger partial charge >= 0.3 is 0 Å². The molecule has 170 valence electrons. The SMILES string of the molecule is CC[C@H]1Oc2ccc(NC(=O)[C@H](CC)c3ccccc3)cc2CN(Cc2ccccc2)C1=O. The molecule has 2 atom stereocenters. The summed E-state index contributed by atoms with van der Waals surface area (Å²) in [6.45, 7) is 4.91. The van der Waals surface area contributed by atoms with Crippen molar-refractivity contribution in [1.82, 2.24) is 4.90 Å². The number of anilines is 1. The van der Waals surface area contributed by atoms with Gasteiger partial charge in [-0.2, -0.15) is 0 Å². The molecule has 3 aromatic carbocycles. The minimum atomic E-state index is -0.516. The molecule has 2 amide bonds. The molecule has 0 fully saturated rings. The van der Waals surface area contributed by atoms with Crippen molar-refractivity contribution in [3.05, 3.63) is 95.6 Å². The van der Waals surface area contributed by atoms with E-state index in [1.54, 1.807) is 0 Å². The molecule has 0 saturated carbocycles. The standard InChI is InChI=1S/C28H30N2O3/c1-3-24(21-13-9-6-10-14-21)27(31)29-23-15-16-26-22(17-23)19-30(28(32)25(4-2)33-26)18-20-11-7-5-8-12-20/h5-17,24-25H,3-4,18-19H2,1-2H3,(H,29,31)/t24-,25-/m1/s1. The molecule has 5 nitrogen and oxygen atoms in total. The number of amides is 2. The van der Waals surface area contributed by atoms with Crippen LogP contribution in [0.15, 0.2) is 78.9 Å². The third-order valence-corrected chi connectivity index (χ3v) is 6.06. The Hall–Kier alpha value is -3.60. The van der Waals surface area contributed by atoms with Crippen LogP contribution in [0.25, 0.3) is 0 Å². The number of fused-ring (bicyclic) bond motifs is 1. The van der Waals surface area contributed by atoms with Crippen LogP contribution < -0.4 is 10.1 Å². The second-order valence-electron chi connectivity index (χ2n) is 8.38. The van der Waals surface area contributed by atoms with E-state index in [0.717, 1.165) is 16.7 Å². The predicted octanol–water partition coefficient (Wildman–Crippen LogP) is 5.52. The minimum Gasteiger partial charge on any atom is -0.480 e. The van der Waals surface area contributed by atoms with Gasteiger partial charge in [-0.25, -0.2) is 0 Å². The first-order chi connectivity index (χ1) is 16.1. The van der Waals surface area contributed by atoms with Crippen molar-refractivity contribution in [2.24, 2.45) is 0 Å². The number of rotatable bonds is 7. The van der Waals surface area contributed by atoms with Gasteiger partial charge in [-0.05, 0) is 42.2 Å². The lowest BCUT2D eigenvalue weighted by Crippen LogP contribution is -2.38. The number of ether oxygens (including phenoxy) is 1. The summed E-state index contributed by atoms with van der Waals surface area (Å²) < 4.78 is 6.08. The Labute approximate surface area is 195 Å². The van der Waals surface area contributed by atoms with Crippen molar-refractivity contribution in [3.63, 3.8) is 0 Å². The molecule has 0 bridgehead atoms. The summed E-state index contributed by atoms with van der Waals surface area (Å²) in [6.07, 6.45) is 0.789. The van der Waals surface area contributed by atoms with Gasteiger partial charge in [0.05, 0.1) is 5.92 Å². The quantitative estimate of drug-likeness (QED) is 0.524. The molecule has 0 aliphatic carbocycles. The lowest BCUT2D eigenvalue weighted by Gasteiger charge is -2.23. The van der Waals surface area contributed by atoms with Crippen molar-refractivity contribution in [3.8, 4) is 5.75 Å². The maximum absolute atomic E-state index is 13.1. The number of hydrogen-bond donors (Lipinski definition) is 1. The predicted molar refractivity (Wildman–Crippen MR) is 130 cm³/mol. The number of benzene rings is 3. The van der Waals surface area contributed by atoms with Crippen molar-refractivity contribution >= 4 is 17.5 Å². The normalized spacial score (nSPS) is 16.4. The van der Waals surface area contributed by atoms with Crippen LogP contribution in [0, 0.1) is 0 Å². The van der Waals surface area contributed by atoms with Crippen LogP contribution in [0.3, 0.4) is 0 Å². The number of nitrogens with one attached hydrogen (secondary N) is 1. The van der Waals surface area contributed by atoms with Crippen LogP contribution in [0.5, 0.6) is 5.75 Å². The van der Waals surface area contributed by atoms with E-state index in [0.29, 0.717) is 37.4 Å². The van der Waals surface area contributed by atoms with E-state index in [1.807, 2.05) is 97.6 Å². The highest BCUT2D eigenvalue weighted by Gasteiger charge is 2.30. The van der Waals surface area contributed by atoms with Crippen molar-refractivity contribution < 1.29 is 14.3 Å². The molecule has 33 heavy (non-hydrogen) atoms. The summed E-state index contributed by atoms with van der Waals surface area (Å²) in [5.41, 5.74) is 3.67. The lowest BCUT2D eigenvalue weighted by atomic mass is 9.95. The Bertz CT molecular complexity index is 1100. The highest BCUT2D eigenvalue weighted by Crippen LogP contribution is 2.31. The van der Waals surface area contributed by atoms with Gasteiger partial charge in [0.15, 0.2) is 6.10 Å². The second-order valence-corrected chi connectivity index (χ2v) is 8.38. The summed E-state index contributed by atoms with van der Waals surface area (Å²) in [5.74, 6) is 0.417. The van der Waals surface area contributed by atoms with Gasteiger partial charge in [0.1, 0.15) is 5.75 Å². The summed E-state index contributed by atoms with van der Waals surface area (Å²) in [7, 11) is 0. The van der Waals surface area contributed by atoms with Crippen molar-refractivity contribution in [2.45, 2.75) is 51.8 Å². The molecular weight excluding hydrogens is 412 g/mol. The Morgan fingerprint density at radius 1 is 1.03 bits per heavy atom. The molecular formula is C28H30N2O3. The fourth-order valence-electron chi connectivity index (χ4n) is 4.27. The molecule has 0 spiro atoms. The van der Waals surface area contributed by atoms with E-state index < -0.39 is 6.10 Å². The maximum Gasteiger partial charge on any atom is 0.264 e. The topological polar surface area (TPSA) is 58.6 Å². The molecule has 1 heterocycles. The smallest absolute Gasteiger partial charge is 0.264 e. The van der Waals surface area contributed by atoms with Crippen LogP contribution in [0.2, 0.25) is 0 Å². The molecule has 1 aliphatic rings. The maximum atomic E-state index is 13.1. The molecule has 5 heteroatoms. The second kappa shape index (κ2) is 10.3. The molecule has 4 rings (SSSR count). The van der Waals surface area contributed by atoms with Crippen LogP contribution in [0.1, 0.15) is 49.3 Å². The number of carbonyl (C=O) groups excluding carboxylic acids is 2. The number of nitrogens with zero attached hydrogens (tertiary/aromatic N) is 1. The molecule has 3 aromatic rings. The first kappa shape index (κ1) is 22.6.